The molecule has 0 fully saturated rings. The molecule has 0 aromatic heterocycles. The molecule has 1 aromatic rings. The van der Waals surface area contributed by atoms with Crippen molar-refractivity contribution in [2.75, 3.05) is 7.11 Å². The number of halogens is 1. The molecule has 0 amide bonds. The van der Waals surface area contributed by atoms with E-state index in [0.717, 1.165) is 0 Å². The van der Waals surface area contributed by atoms with Crippen molar-refractivity contribution in [2.45, 2.75) is 0 Å². The van der Waals surface area contributed by atoms with Crippen LogP contribution >= 0.6 is 12.4 Å². The summed E-state index contributed by atoms with van der Waals surface area (Å²) in [5.74, 6) is 0.897. The van der Waals surface area contributed by atoms with Crippen molar-refractivity contribution in [3.05, 3.63) is 52.7 Å². The molecule has 0 atom stereocenters. The van der Waals surface area contributed by atoms with E-state index in [1.165, 1.54) is 37.4 Å². The van der Waals surface area contributed by atoms with Crippen LogP contribution in [0.15, 0.2) is 51.7 Å². The van der Waals surface area contributed by atoms with Crippen molar-refractivity contribution < 1.29 is 19.4 Å². The molecule has 0 saturated heterocycles. The minimum atomic E-state index is -0.169. The lowest BCUT2D eigenvalue weighted by Gasteiger charge is -2.13. The van der Waals surface area contributed by atoms with Gasteiger partial charge in [-0.05, 0) is 30.3 Å². The molecule has 0 bridgehead atoms. The molecular formula is C16H13ClO5. The number of aromatic hydroxyl groups is 2. The van der Waals surface area contributed by atoms with Crippen molar-refractivity contribution in [3.63, 3.8) is 0 Å². The van der Waals surface area contributed by atoms with Gasteiger partial charge in [0.2, 0.25) is 0 Å². The number of phenols is 2. The van der Waals surface area contributed by atoms with Crippen LogP contribution in [0.3, 0.4) is 0 Å². The highest BCUT2D eigenvalue weighted by atomic mass is 35.5. The van der Waals surface area contributed by atoms with Gasteiger partial charge in [-0.25, -0.2) is 0 Å². The highest BCUT2D eigenvalue weighted by molar-refractivity contribution is 5.85. The van der Waals surface area contributed by atoms with Gasteiger partial charge in [0.1, 0.15) is 17.3 Å². The Bertz CT molecular complexity index is 840. The average Bonchev–Trinajstić information content (AvgIpc) is 2.46. The maximum Gasteiger partial charge on any atom is 0.182 e. The fourth-order valence-corrected chi connectivity index (χ4v) is 2.14. The molecular weight excluding hydrogens is 308 g/mol. The molecule has 1 aliphatic carbocycles. The predicted molar refractivity (Wildman–Crippen MR) is 84.2 cm³/mol. The summed E-state index contributed by atoms with van der Waals surface area (Å²) in [7, 11) is 1.49. The molecule has 0 unspecified atom stereocenters. The third kappa shape index (κ3) is 2.71. The summed E-state index contributed by atoms with van der Waals surface area (Å²) in [6.07, 6.45) is 0. The second-order valence-electron chi connectivity index (χ2n) is 4.54. The predicted octanol–water partition coefficient (Wildman–Crippen LogP) is 3.25. The number of methoxy groups -OCH3 is 1. The van der Waals surface area contributed by atoms with E-state index < -0.39 is 0 Å². The Morgan fingerprint density at radius 1 is 1.05 bits per heavy atom. The zero-order chi connectivity index (χ0) is 15.0. The Balaban J connectivity index is 0.00000176. The van der Waals surface area contributed by atoms with E-state index >= 15 is 0 Å². The van der Waals surface area contributed by atoms with Crippen molar-refractivity contribution in [1.29, 1.82) is 0 Å². The van der Waals surface area contributed by atoms with Gasteiger partial charge in [-0.3, -0.25) is 4.79 Å². The summed E-state index contributed by atoms with van der Waals surface area (Å²) in [6.45, 7) is 0. The summed E-state index contributed by atoms with van der Waals surface area (Å²) in [5.41, 5.74) is 0.911. The highest BCUT2D eigenvalue weighted by Crippen LogP contribution is 2.41. The molecule has 2 N–H and O–H groups in total. The van der Waals surface area contributed by atoms with Crippen LogP contribution in [0.1, 0.15) is 0 Å². The molecule has 0 spiro atoms. The molecule has 22 heavy (non-hydrogen) atoms. The second kappa shape index (κ2) is 5.99. The monoisotopic (exact) mass is 320 g/mol. The molecule has 0 saturated carbocycles. The van der Waals surface area contributed by atoms with E-state index in [2.05, 4.69) is 0 Å². The van der Waals surface area contributed by atoms with Gasteiger partial charge in [0.05, 0.1) is 12.7 Å². The van der Waals surface area contributed by atoms with Gasteiger partial charge in [-0.1, -0.05) is 0 Å². The Morgan fingerprint density at radius 3 is 2.50 bits per heavy atom. The third-order valence-corrected chi connectivity index (χ3v) is 3.15. The number of hydrogen-bond donors (Lipinski definition) is 2. The topological polar surface area (TPSA) is 79.9 Å². The fourth-order valence-electron chi connectivity index (χ4n) is 2.14. The highest BCUT2D eigenvalue weighted by Gasteiger charge is 2.17. The maximum atomic E-state index is 11.4. The Hall–Kier alpha value is -2.66. The lowest BCUT2D eigenvalue weighted by molar-refractivity contribution is 0.396. The smallest absolute Gasteiger partial charge is 0.182 e. The molecule has 2 aliphatic rings. The maximum absolute atomic E-state index is 11.4. The Morgan fingerprint density at radius 2 is 1.82 bits per heavy atom. The summed E-state index contributed by atoms with van der Waals surface area (Å²) in [5, 5.41) is 19.3. The first-order valence-corrected chi connectivity index (χ1v) is 6.23. The van der Waals surface area contributed by atoms with Crippen LogP contribution in [0.2, 0.25) is 0 Å². The summed E-state index contributed by atoms with van der Waals surface area (Å²) >= 11 is 0. The number of phenolic OH excluding ortho intramolecular Hbond substituents is 2. The van der Waals surface area contributed by atoms with E-state index in [-0.39, 0.29) is 35.1 Å². The van der Waals surface area contributed by atoms with Crippen LogP contribution < -0.4 is 10.2 Å². The van der Waals surface area contributed by atoms with Gasteiger partial charge in [0.25, 0.3) is 0 Å². The van der Waals surface area contributed by atoms with E-state index in [1.54, 1.807) is 12.1 Å². The Kier molecular flexibility index (Phi) is 4.28. The lowest BCUT2D eigenvalue weighted by atomic mass is 10.1. The van der Waals surface area contributed by atoms with Crippen molar-refractivity contribution in [1.82, 2.24) is 0 Å². The van der Waals surface area contributed by atoms with Gasteiger partial charge < -0.3 is 19.4 Å². The number of benzene rings is 2. The molecule has 1 aliphatic heterocycles. The van der Waals surface area contributed by atoms with Crippen LogP contribution in [0.4, 0.5) is 0 Å². The van der Waals surface area contributed by atoms with Crippen LogP contribution in [-0.2, 0) is 0 Å². The number of hydrogen-bond acceptors (Lipinski definition) is 5. The largest absolute Gasteiger partial charge is 0.508 e. The van der Waals surface area contributed by atoms with Crippen LogP contribution in [-0.4, -0.2) is 17.3 Å². The molecule has 6 heteroatoms. The van der Waals surface area contributed by atoms with Gasteiger partial charge >= 0.3 is 0 Å². The summed E-state index contributed by atoms with van der Waals surface area (Å²) in [6, 6.07) is 10.3. The van der Waals surface area contributed by atoms with E-state index in [9.17, 15) is 15.0 Å². The number of fused-ring (bicyclic) bond motifs is 1. The quantitative estimate of drug-likeness (QED) is 0.757. The number of rotatable bonds is 2. The fraction of sp³-hybridized carbons (Fsp3) is 0.0625. The van der Waals surface area contributed by atoms with E-state index in [1.807, 2.05) is 0 Å². The number of ether oxygens (including phenoxy) is 1. The molecule has 1 heterocycles. The van der Waals surface area contributed by atoms with Crippen LogP contribution in [0, 0.1) is 0 Å². The van der Waals surface area contributed by atoms with E-state index in [0.29, 0.717) is 22.6 Å². The molecule has 114 valence electrons. The van der Waals surface area contributed by atoms with Crippen molar-refractivity contribution in [3.8, 4) is 39.9 Å². The van der Waals surface area contributed by atoms with Crippen molar-refractivity contribution in [2.24, 2.45) is 0 Å². The van der Waals surface area contributed by atoms with E-state index in [4.69, 9.17) is 9.15 Å². The van der Waals surface area contributed by atoms with Gasteiger partial charge in [0.15, 0.2) is 16.9 Å². The third-order valence-electron chi connectivity index (χ3n) is 3.15. The van der Waals surface area contributed by atoms with Gasteiger partial charge in [-0.15, -0.1) is 12.4 Å². The second-order valence-corrected chi connectivity index (χ2v) is 4.54. The van der Waals surface area contributed by atoms with Crippen molar-refractivity contribution >= 4 is 12.4 Å². The molecule has 1 aromatic carbocycles. The van der Waals surface area contributed by atoms with Crippen LogP contribution in [0.5, 0.6) is 17.2 Å². The Labute approximate surface area is 132 Å². The average molecular weight is 321 g/mol. The van der Waals surface area contributed by atoms with Gasteiger partial charge in [0, 0.05) is 17.7 Å². The molecule has 0 radical (unpaired) electrons. The first-order valence-electron chi connectivity index (χ1n) is 6.23. The minimum Gasteiger partial charge on any atom is -0.508 e. The molecule has 3 rings (SSSR count). The SMILES string of the molecule is COc1cc2ccc(=O)cc-2oc1-c1ccc(O)cc1O.Cl. The summed E-state index contributed by atoms with van der Waals surface area (Å²) < 4.78 is 11.0. The standard InChI is InChI=1S/C16H12O5.ClH/c1-20-15-6-9-2-3-11(18)8-14(9)21-16(15)12-5-4-10(17)7-13(12)19;/h2-8,17,19H,1H3;1H. The molecule has 5 nitrogen and oxygen atoms in total. The van der Waals surface area contributed by atoms with Gasteiger partial charge in [-0.2, -0.15) is 0 Å². The normalized spacial score (nSPS) is 10.2. The first-order chi connectivity index (χ1) is 10.1. The van der Waals surface area contributed by atoms with Crippen LogP contribution in [0.25, 0.3) is 22.6 Å². The zero-order valence-corrected chi connectivity index (χ0v) is 12.4. The zero-order valence-electron chi connectivity index (χ0n) is 11.6. The lowest BCUT2D eigenvalue weighted by Crippen LogP contribution is -1.99. The first kappa shape index (κ1) is 15.7. The minimum absolute atomic E-state index is 0. The summed E-state index contributed by atoms with van der Waals surface area (Å²) in [4.78, 5) is 11.4.